The van der Waals surface area contributed by atoms with Crippen LogP contribution in [0, 0.1) is 11.3 Å². The van der Waals surface area contributed by atoms with Crippen LogP contribution in [0.5, 0.6) is 0 Å². The van der Waals surface area contributed by atoms with Crippen molar-refractivity contribution in [1.82, 2.24) is 4.98 Å². The van der Waals surface area contributed by atoms with Crippen molar-refractivity contribution in [3.8, 4) is 6.07 Å². The van der Waals surface area contributed by atoms with E-state index in [4.69, 9.17) is 11.0 Å². The van der Waals surface area contributed by atoms with Gasteiger partial charge in [-0.05, 0) is 30.3 Å². The summed E-state index contributed by atoms with van der Waals surface area (Å²) in [6, 6.07) is 16.0. The maximum Gasteiger partial charge on any atom is 0.272 e. The van der Waals surface area contributed by atoms with Crippen molar-refractivity contribution in [2.45, 2.75) is 0 Å². The van der Waals surface area contributed by atoms with Gasteiger partial charge in [0, 0.05) is 11.1 Å². The number of aromatic nitrogens is 1. The Labute approximate surface area is 121 Å². The molecule has 1 amide bonds. The lowest BCUT2D eigenvalue weighted by molar-refractivity contribution is 0.102. The number of aromatic amines is 1. The molecule has 0 saturated heterocycles. The van der Waals surface area contributed by atoms with Crippen LogP contribution in [0.1, 0.15) is 16.1 Å². The summed E-state index contributed by atoms with van der Waals surface area (Å²) in [5, 5.41) is 12.5. The number of anilines is 2. The lowest BCUT2D eigenvalue weighted by Gasteiger charge is -2.03. The van der Waals surface area contributed by atoms with Crippen LogP contribution in [0.2, 0.25) is 0 Å². The number of amides is 1. The van der Waals surface area contributed by atoms with E-state index in [1.165, 1.54) is 0 Å². The SMILES string of the molecule is N#Cc1cccc(NC(=O)c2cc3cccc(N)c3[nH]2)c1. The molecule has 0 aliphatic heterocycles. The molecule has 0 aliphatic rings. The number of hydrogen-bond acceptors (Lipinski definition) is 3. The lowest BCUT2D eigenvalue weighted by Crippen LogP contribution is -2.12. The van der Waals surface area contributed by atoms with Crippen molar-refractivity contribution in [1.29, 1.82) is 5.26 Å². The monoisotopic (exact) mass is 276 g/mol. The van der Waals surface area contributed by atoms with Crippen LogP contribution in [0.15, 0.2) is 48.5 Å². The van der Waals surface area contributed by atoms with E-state index < -0.39 is 0 Å². The highest BCUT2D eigenvalue weighted by Crippen LogP contribution is 2.21. The van der Waals surface area contributed by atoms with Crippen LogP contribution in [0.3, 0.4) is 0 Å². The number of carbonyl (C=O) groups is 1. The number of fused-ring (bicyclic) bond motifs is 1. The topological polar surface area (TPSA) is 94.7 Å². The summed E-state index contributed by atoms with van der Waals surface area (Å²) >= 11 is 0. The Balaban J connectivity index is 1.90. The molecule has 1 aromatic heterocycles. The molecule has 5 nitrogen and oxygen atoms in total. The second-order valence-corrected chi connectivity index (χ2v) is 4.64. The third-order valence-corrected chi connectivity index (χ3v) is 3.18. The van der Waals surface area contributed by atoms with Gasteiger partial charge in [0.25, 0.3) is 5.91 Å². The molecule has 21 heavy (non-hydrogen) atoms. The van der Waals surface area contributed by atoms with E-state index in [-0.39, 0.29) is 5.91 Å². The minimum absolute atomic E-state index is 0.277. The number of nitrogens with zero attached hydrogens (tertiary/aromatic N) is 1. The normalized spacial score (nSPS) is 10.2. The van der Waals surface area contributed by atoms with Crippen LogP contribution in [0.25, 0.3) is 10.9 Å². The van der Waals surface area contributed by atoms with Crippen LogP contribution < -0.4 is 11.1 Å². The molecule has 0 atom stereocenters. The minimum atomic E-state index is -0.277. The molecule has 0 spiro atoms. The first kappa shape index (κ1) is 12.8. The summed E-state index contributed by atoms with van der Waals surface area (Å²) < 4.78 is 0. The molecule has 0 fully saturated rings. The van der Waals surface area contributed by atoms with Crippen molar-refractivity contribution in [3.63, 3.8) is 0 Å². The quantitative estimate of drug-likeness (QED) is 0.628. The first-order valence-electron chi connectivity index (χ1n) is 6.36. The number of para-hydroxylation sites is 1. The fourth-order valence-corrected chi connectivity index (χ4v) is 2.17. The van der Waals surface area contributed by atoms with Crippen molar-refractivity contribution in [2.75, 3.05) is 11.1 Å². The predicted octanol–water partition coefficient (Wildman–Crippen LogP) is 2.87. The van der Waals surface area contributed by atoms with Crippen LogP contribution in [-0.4, -0.2) is 10.9 Å². The van der Waals surface area contributed by atoms with E-state index in [1.54, 1.807) is 36.4 Å². The van der Waals surface area contributed by atoms with E-state index in [0.717, 1.165) is 10.9 Å². The Morgan fingerprint density at radius 2 is 2.00 bits per heavy atom. The van der Waals surface area contributed by atoms with Crippen molar-refractivity contribution >= 4 is 28.2 Å². The molecule has 0 radical (unpaired) electrons. The Morgan fingerprint density at radius 3 is 2.76 bits per heavy atom. The number of hydrogen-bond donors (Lipinski definition) is 3. The molecular weight excluding hydrogens is 264 g/mol. The first-order valence-corrected chi connectivity index (χ1v) is 6.36. The van der Waals surface area contributed by atoms with Gasteiger partial charge in [-0.15, -0.1) is 0 Å². The smallest absolute Gasteiger partial charge is 0.272 e. The zero-order valence-corrected chi connectivity index (χ0v) is 11.1. The predicted molar refractivity (Wildman–Crippen MR) is 81.8 cm³/mol. The zero-order chi connectivity index (χ0) is 14.8. The van der Waals surface area contributed by atoms with Gasteiger partial charge in [-0.3, -0.25) is 4.79 Å². The molecule has 2 aromatic carbocycles. The van der Waals surface area contributed by atoms with E-state index in [0.29, 0.717) is 22.6 Å². The number of carbonyl (C=O) groups excluding carboxylic acids is 1. The Bertz CT molecular complexity index is 873. The maximum absolute atomic E-state index is 12.2. The first-order chi connectivity index (χ1) is 10.2. The Morgan fingerprint density at radius 1 is 1.19 bits per heavy atom. The highest BCUT2D eigenvalue weighted by atomic mass is 16.1. The average Bonchev–Trinajstić information content (AvgIpc) is 2.93. The van der Waals surface area contributed by atoms with E-state index in [9.17, 15) is 4.79 Å². The van der Waals surface area contributed by atoms with Gasteiger partial charge in [-0.2, -0.15) is 5.26 Å². The number of rotatable bonds is 2. The summed E-state index contributed by atoms with van der Waals surface area (Å²) in [6.07, 6.45) is 0. The van der Waals surface area contributed by atoms with Gasteiger partial charge in [0.1, 0.15) is 5.69 Å². The van der Waals surface area contributed by atoms with Gasteiger partial charge in [-0.1, -0.05) is 18.2 Å². The van der Waals surface area contributed by atoms with E-state index in [1.807, 2.05) is 18.2 Å². The van der Waals surface area contributed by atoms with Crippen LogP contribution in [-0.2, 0) is 0 Å². The number of nitrogen functional groups attached to an aromatic ring is 1. The molecule has 0 unspecified atom stereocenters. The molecule has 0 bridgehead atoms. The largest absolute Gasteiger partial charge is 0.397 e. The van der Waals surface area contributed by atoms with Crippen LogP contribution in [0.4, 0.5) is 11.4 Å². The van der Waals surface area contributed by atoms with Crippen molar-refractivity contribution in [2.24, 2.45) is 0 Å². The highest BCUT2D eigenvalue weighted by molar-refractivity contribution is 6.07. The zero-order valence-electron chi connectivity index (χ0n) is 11.1. The average molecular weight is 276 g/mol. The van der Waals surface area contributed by atoms with Gasteiger partial charge in [0.05, 0.1) is 22.8 Å². The van der Waals surface area contributed by atoms with Gasteiger partial charge < -0.3 is 16.0 Å². The third kappa shape index (κ3) is 2.42. The molecule has 4 N–H and O–H groups in total. The van der Waals surface area contributed by atoms with Crippen LogP contribution >= 0.6 is 0 Å². The summed E-state index contributed by atoms with van der Waals surface area (Å²) in [7, 11) is 0. The summed E-state index contributed by atoms with van der Waals surface area (Å²) in [5.74, 6) is -0.277. The molecule has 102 valence electrons. The second kappa shape index (κ2) is 5.02. The standard InChI is InChI=1S/C16H12N4O/c17-9-10-3-1-5-12(7-10)19-16(21)14-8-11-4-2-6-13(18)15(11)20-14/h1-8,20H,18H2,(H,19,21). The van der Waals surface area contributed by atoms with E-state index >= 15 is 0 Å². The fourth-order valence-electron chi connectivity index (χ4n) is 2.17. The summed E-state index contributed by atoms with van der Waals surface area (Å²) in [4.78, 5) is 15.2. The third-order valence-electron chi connectivity index (χ3n) is 3.18. The van der Waals surface area contributed by atoms with Gasteiger partial charge in [0.15, 0.2) is 0 Å². The Hall–Kier alpha value is -3.26. The molecule has 3 rings (SSSR count). The van der Waals surface area contributed by atoms with Crippen molar-refractivity contribution in [3.05, 3.63) is 59.8 Å². The molecule has 0 saturated carbocycles. The van der Waals surface area contributed by atoms with E-state index in [2.05, 4.69) is 10.3 Å². The lowest BCUT2D eigenvalue weighted by atomic mass is 10.2. The van der Waals surface area contributed by atoms with Crippen molar-refractivity contribution < 1.29 is 4.79 Å². The number of benzene rings is 2. The van der Waals surface area contributed by atoms with Gasteiger partial charge in [0.2, 0.25) is 0 Å². The number of nitrogens with two attached hydrogens (primary N) is 1. The minimum Gasteiger partial charge on any atom is -0.397 e. The summed E-state index contributed by atoms with van der Waals surface area (Å²) in [5.41, 5.74) is 8.69. The fraction of sp³-hybridized carbons (Fsp3) is 0. The number of H-pyrrole nitrogens is 1. The van der Waals surface area contributed by atoms with Gasteiger partial charge in [-0.25, -0.2) is 0 Å². The number of nitrogens with one attached hydrogen (secondary N) is 2. The summed E-state index contributed by atoms with van der Waals surface area (Å²) in [6.45, 7) is 0. The molecule has 1 heterocycles. The molecule has 5 heteroatoms. The highest BCUT2D eigenvalue weighted by Gasteiger charge is 2.11. The van der Waals surface area contributed by atoms with Gasteiger partial charge >= 0.3 is 0 Å². The molecule has 0 aliphatic carbocycles. The maximum atomic E-state index is 12.2. The molecule has 3 aromatic rings. The Kier molecular flexibility index (Phi) is 3.05. The number of nitriles is 1. The second-order valence-electron chi connectivity index (χ2n) is 4.64. The molecular formula is C16H12N4O.